The minimum atomic E-state index is -0.683. The summed E-state index contributed by atoms with van der Waals surface area (Å²) in [6.45, 7) is 8.35. The van der Waals surface area contributed by atoms with E-state index in [-0.39, 0.29) is 17.9 Å². The number of hydrogen-bond donors (Lipinski definition) is 2. The van der Waals surface area contributed by atoms with Gasteiger partial charge in [0.15, 0.2) is 0 Å². The topological polar surface area (TPSA) is 65.4 Å². The molecule has 0 spiro atoms. The van der Waals surface area contributed by atoms with Gasteiger partial charge in [-0.25, -0.2) is 4.79 Å². The molecule has 2 N–H and O–H groups in total. The Morgan fingerprint density at radius 1 is 0.774 bits per heavy atom. The van der Waals surface area contributed by atoms with Gasteiger partial charge in [0.05, 0.1) is 17.1 Å². The van der Waals surface area contributed by atoms with Crippen LogP contribution in [0.4, 0.5) is 21.9 Å². The quantitative estimate of drug-likeness (QED) is 0.340. The van der Waals surface area contributed by atoms with Crippen molar-refractivity contribution in [2.24, 2.45) is 0 Å². The first-order valence-electron chi connectivity index (χ1n) is 10.5. The van der Waals surface area contributed by atoms with Crippen molar-refractivity contribution >= 4 is 29.2 Å². The van der Waals surface area contributed by atoms with Crippen LogP contribution in [0.15, 0.2) is 78.9 Å². The van der Waals surface area contributed by atoms with E-state index in [9.17, 15) is 4.79 Å². The van der Waals surface area contributed by atoms with Crippen molar-refractivity contribution in [3.63, 3.8) is 0 Å². The molecule has 0 fully saturated rings. The third kappa shape index (κ3) is 5.31. The van der Waals surface area contributed by atoms with E-state index in [4.69, 9.17) is 10.1 Å². The van der Waals surface area contributed by atoms with E-state index in [0.29, 0.717) is 0 Å². The van der Waals surface area contributed by atoms with Gasteiger partial charge in [-0.1, -0.05) is 82.3 Å². The minimum Gasteiger partial charge on any atom is -0.375 e. The third-order valence-electron chi connectivity index (χ3n) is 5.02. The van der Waals surface area contributed by atoms with Gasteiger partial charge in [-0.3, -0.25) is 15.6 Å². The second-order valence-corrected chi connectivity index (χ2v) is 7.95. The number of ether oxygens (including phenoxy) is 1. The summed E-state index contributed by atoms with van der Waals surface area (Å²) in [5.41, 5.74) is 4.31. The van der Waals surface area contributed by atoms with Gasteiger partial charge in [0, 0.05) is 0 Å². The molecular formula is C26H29N3O2. The van der Waals surface area contributed by atoms with Gasteiger partial charge >= 0.3 is 12.1 Å². The Bertz CT molecular complexity index is 965. The molecule has 0 saturated heterocycles. The molecule has 0 atom stereocenters. The van der Waals surface area contributed by atoms with Crippen LogP contribution < -0.4 is 10.2 Å². The number of rotatable bonds is 5. The molecule has 5 heteroatoms. The standard InChI is InChI=1S/C26H29N3O2/c1-18(2)22-16-11-17-23(19(3)4)24(22)28-26(30)31-25(27)29(20-12-7-5-8-13-20)21-14-9-6-10-15-21/h5-19,27H,1-4H3,(H,28,30). The summed E-state index contributed by atoms with van der Waals surface area (Å²) in [5, 5.41) is 11.4. The largest absolute Gasteiger partial charge is 0.419 e. The Morgan fingerprint density at radius 2 is 1.23 bits per heavy atom. The fourth-order valence-corrected chi connectivity index (χ4v) is 3.49. The molecule has 0 radical (unpaired) electrons. The normalized spacial score (nSPS) is 10.8. The van der Waals surface area contributed by atoms with Gasteiger partial charge in [0.2, 0.25) is 0 Å². The third-order valence-corrected chi connectivity index (χ3v) is 5.02. The zero-order valence-electron chi connectivity index (χ0n) is 18.4. The maximum Gasteiger partial charge on any atom is 0.419 e. The van der Waals surface area contributed by atoms with E-state index in [1.54, 1.807) is 4.90 Å². The second-order valence-electron chi connectivity index (χ2n) is 7.95. The van der Waals surface area contributed by atoms with E-state index in [2.05, 4.69) is 33.0 Å². The predicted molar refractivity (Wildman–Crippen MR) is 127 cm³/mol. The number of anilines is 3. The van der Waals surface area contributed by atoms with Gasteiger partial charge < -0.3 is 4.74 Å². The Labute approximate surface area is 184 Å². The fraction of sp³-hybridized carbons (Fsp3) is 0.231. The SMILES string of the molecule is CC(C)c1cccc(C(C)C)c1NC(=O)OC(=N)N(c1ccccc1)c1ccccc1. The van der Waals surface area contributed by atoms with Gasteiger partial charge in [-0.05, 0) is 47.2 Å². The molecule has 3 rings (SSSR count). The lowest BCUT2D eigenvalue weighted by atomic mass is 9.93. The molecule has 160 valence electrons. The minimum absolute atomic E-state index is 0.235. The molecule has 5 nitrogen and oxygen atoms in total. The number of benzene rings is 3. The Kier molecular flexibility index (Phi) is 7.08. The maximum absolute atomic E-state index is 12.8. The van der Waals surface area contributed by atoms with Crippen molar-refractivity contribution in [1.82, 2.24) is 0 Å². The van der Waals surface area contributed by atoms with E-state index < -0.39 is 6.09 Å². The van der Waals surface area contributed by atoms with E-state index in [0.717, 1.165) is 28.2 Å². The lowest BCUT2D eigenvalue weighted by Crippen LogP contribution is -2.31. The van der Waals surface area contributed by atoms with E-state index in [1.807, 2.05) is 78.9 Å². The molecule has 3 aromatic rings. The molecule has 0 aliphatic heterocycles. The highest BCUT2D eigenvalue weighted by molar-refractivity contribution is 6.04. The van der Waals surface area contributed by atoms with Crippen LogP contribution in [0.1, 0.15) is 50.7 Å². The van der Waals surface area contributed by atoms with Crippen LogP contribution in [0.2, 0.25) is 0 Å². The number of nitrogens with one attached hydrogen (secondary N) is 2. The molecule has 0 aromatic heterocycles. The highest BCUT2D eigenvalue weighted by Gasteiger charge is 2.21. The number of amidine groups is 1. The summed E-state index contributed by atoms with van der Waals surface area (Å²) in [7, 11) is 0. The highest BCUT2D eigenvalue weighted by atomic mass is 16.6. The van der Waals surface area contributed by atoms with Gasteiger partial charge in [0.1, 0.15) is 0 Å². The van der Waals surface area contributed by atoms with Crippen molar-refractivity contribution < 1.29 is 9.53 Å². The monoisotopic (exact) mass is 415 g/mol. The summed E-state index contributed by atoms with van der Waals surface area (Å²) in [6.07, 6.45) is -0.683. The second kappa shape index (κ2) is 9.94. The van der Waals surface area contributed by atoms with Crippen LogP contribution in [-0.2, 0) is 4.74 Å². The number of carbonyl (C=O) groups is 1. The molecular weight excluding hydrogens is 386 g/mol. The predicted octanol–water partition coefficient (Wildman–Crippen LogP) is 7.25. The average molecular weight is 416 g/mol. The molecule has 0 unspecified atom stereocenters. The number of nitrogens with zero attached hydrogens (tertiary/aromatic N) is 1. The van der Waals surface area contributed by atoms with Crippen molar-refractivity contribution in [3.05, 3.63) is 90.0 Å². The van der Waals surface area contributed by atoms with Crippen LogP contribution in [0, 0.1) is 5.41 Å². The number of hydrogen-bond acceptors (Lipinski definition) is 3. The van der Waals surface area contributed by atoms with Crippen molar-refractivity contribution in [2.45, 2.75) is 39.5 Å². The van der Waals surface area contributed by atoms with Gasteiger partial charge in [-0.15, -0.1) is 0 Å². The van der Waals surface area contributed by atoms with Crippen molar-refractivity contribution in [2.75, 3.05) is 10.2 Å². The first kappa shape index (κ1) is 22.1. The molecule has 0 heterocycles. The lowest BCUT2D eigenvalue weighted by Gasteiger charge is -2.25. The molecule has 3 aromatic carbocycles. The van der Waals surface area contributed by atoms with Crippen molar-refractivity contribution in [1.29, 1.82) is 5.41 Å². The van der Waals surface area contributed by atoms with Crippen LogP contribution in [0.5, 0.6) is 0 Å². The summed E-state index contributed by atoms with van der Waals surface area (Å²) in [4.78, 5) is 14.4. The van der Waals surface area contributed by atoms with Crippen LogP contribution in [0.3, 0.4) is 0 Å². The number of para-hydroxylation sites is 3. The lowest BCUT2D eigenvalue weighted by molar-refractivity contribution is 0.211. The number of carbonyl (C=O) groups excluding carboxylic acids is 1. The number of amides is 1. The van der Waals surface area contributed by atoms with E-state index in [1.165, 1.54) is 0 Å². The first-order valence-corrected chi connectivity index (χ1v) is 10.5. The Morgan fingerprint density at radius 3 is 1.65 bits per heavy atom. The zero-order valence-corrected chi connectivity index (χ0v) is 18.4. The summed E-state index contributed by atoms with van der Waals surface area (Å²) >= 11 is 0. The van der Waals surface area contributed by atoms with Gasteiger partial charge in [-0.2, -0.15) is 0 Å². The first-order chi connectivity index (χ1) is 14.9. The zero-order chi connectivity index (χ0) is 22.4. The smallest absolute Gasteiger partial charge is 0.375 e. The molecule has 0 aliphatic rings. The molecule has 0 bridgehead atoms. The molecule has 1 amide bonds. The Hall–Kier alpha value is -3.60. The average Bonchev–Trinajstić information content (AvgIpc) is 2.75. The fourth-order valence-electron chi connectivity index (χ4n) is 3.49. The van der Waals surface area contributed by atoms with Crippen LogP contribution >= 0.6 is 0 Å². The maximum atomic E-state index is 12.8. The molecule has 0 aliphatic carbocycles. The highest BCUT2D eigenvalue weighted by Crippen LogP contribution is 2.32. The van der Waals surface area contributed by atoms with Crippen molar-refractivity contribution in [3.8, 4) is 0 Å². The summed E-state index contributed by atoms with van der Waals surface area (Å²) in [5.74, 6) is 0.470. The molecule has 0 saturated carbocycles. The van der Waals surface area contributed by atoms with Crippen LogP contribution in [0.25, 0.3) is 0 Å². The molecule has 31 heavy (non-hydrogen) atoms. The van der Waals surface area contributed by atoms with E-state index >= 15 is 0 Å². The van der Waals surface area contributed by atoms with Gasteiger partial charge in [0.25, 0.3) is 0 Å². The van der Waals surface area contributed by atoms with Crippen LogP contribution in [-0.4, -0.2) is 12.1 Å². The summed E-state index contributed by atoms with van der Waals surface area (Å²) in [6, 6.07) is 24.6. The Balaban J connectivity index is 1.87. The summed E-state index contributed by atoms with van der Waals surface area (Å²) < 4.78 is 5.45.